The van der Waals surface area contributed by atoms with E-state index in [1.807, 2.05) is 0 Å². The molecule has 4 heteroatoms. The first-order valence-electron chi connectivity index (χ1n) is 3.18. The van der Waals surface area contributed by atoms with Gasteiger partial charge in [-0.15, -0.1) is 0 Å². The molecule has 11 heavy (non-hydrogen) atoms. The van der Waals surface area contributed by atoms with Gasteiger partial charge in [-0.1, -0.05) is 0 Å². The lowest BCUT2D eigenvalue weighted by Gasteiger charge is -2.00. The Bertz CT molecular complexity index is 235. The molecular formula is C7H8N2O2. The molecule has 0 aliphatic carbocycles. The molecule has 0 fully saturated rings. The molecule has 0 atom stereocenters. The summed E-state index contributed by atoms with van der Waals surface area (Å²) in [6.07, 6.45) is 2.97. The van der Waals surface area contributed by atoms with Gasteiger partial charge >= 0.3 is 0 Å². The van der Waals surface area contributed by atoms with Crippen LogP contribution in [0.2, 0.25) is 0 Å². The Kier molecular flexibility index (Phi) is 2.54. The van der Waals surface area contributed by atoms with E-state index in [0.717, 1.165) is 0 Å². The van der Waals surface area contributed by atoms with Crippen LogP contribution in [-0.2, 0) is 4.79 Å². The van der Waals surface area contributed by atoms with Gasteiger partial charge in [0.15, 0.2) is 5.78 Å². The van der Waals surface area contributed by atoms with Crippen LogP contribution in [-0.4, -0.2) is 22.6 Å². The van der Waals surface area contributed by atoms with E-state index >= 15 is 0 Å². The number of hydrogen-bond donors (Lipinski definition) is 0. The van der Waals surface area contributed by atoms with Crippen molar-refractivity contribution >= 4 is 5.78 Å². The summed E-state index contributed by atoms with van der Waals surface area (Å²) < 4.78 is 5.02. The SMILES string of the molecule is CC(=O)COc1ccnnc1. The van der Waals surface area contributed by atoms with E-state index < -0.39 is 0 Å². The smallest absolute Gasteiger partial charge is 0.167 e. The molecular weight excluding hydrogens is 144 g/mol. The molecule has 0 aliphatic heterocycles. The molecule has 1 rings (SSSR count). The van der Waals surface area contributed by atoms with Crippen LogP contribution >= 0.6 is 0 Å². The van der Waals surface area contributed by atoms with E-state index in [1.165, 1.54) is 19.3 Å². The Hall–Kier alpha value is -1.45. The van der Waals surface area contributed by atoms with Gasteiger partial charge < -0.3 is 4.74 Å². The Labute approximate surface area is 64.2 Å². The van der Waals surface area contributed by atoms with E-state index in [-0.39, 0.29) is 12.4 Å². The predicted molar refractivity (Wildman–Crippen MR) is 38.2 cm³/mol. The van der Waals surface area contributed by atoms with Crippen LogP contribution in [0.5, 0.6) is 5.75 Å². The minimum absolute atomic E-state index is 0.0122. The maximum atomic E-state index is 10.5. The van der Waals surface area contributed by atoms with Gasteiger partial charge in [0, 0.05) is 6.07 Å². The van der Waals surface area contributed by atoms with E-state index in [2.05, 4.69) is 10.2 Å². The Morgan fingerprint density at radius 2 is 2.45 bits per heavy atom. The zero-order chi connectivity index (χ0) is 8.10. The zero-order valence-electron chi connectivity index (χ0n) is 6.15. The minimum Gasteiger partial charge on any atom is -0.484 e. The lowest BCUT2D eigenvalue weighted by molar-refractivity contribution is -0.118. The summed E-state index contributed by atoms with van der Waals surface area (Å²) in [5.74, 6) is 0.553. The summed E-state index contributed by atoms with van der Waals surface area (Å²) in [4.78, 5) is 10.5. The molecule has 0 radical (unpaired) electrons. The number of Topliss-reactive ketones (excluding diaryl/α,β-unsaturated/α-hetero) is 1. The third-order valence-corrected chi connectivity index (χ3v) is 0.999. The van der Waals surface area contributed by atoms with E-state index in [0.29, 0.717) is 5.75 Å². The van der Waals surface area contributed by atoms with Crippen molar-refractivity contribution in [2.24, 2.45) is 0 Å². The summed E-state index contributed by atoms with van der Waals surface area (Å²) in [5.41, 5.74) is 0. The maximum absolute atomic E-state index is 10.5. The minimum atomic E-state index is -0.0122. The Balaban J connectivity index is 2.45. The molecule has 0 saturated carbocycles. The second-order valence-electron chi connectivity index (χ2n) is 2.07. The van der Waals surface area contributed by atoms with Crippen LogP contribution in [0.3, 0.4) is 0 Å². The quantitative estimate of drug-likeness (QED) is 0.630. The molecule has 0 aliphatic rings. The van der Waals surface area contributed by atoms with Gasteiger partial charge in [0.1, 0.15) is 12.4 Å². The highest BCUT2D eigenvalue weighted by Crippen LogP contribution is 2.03. The summed E-state index contributed by atoms with van der Waals surface area (Å²) in [5, 5.41) is 7.13. The first-order chi connectivity index (χ1) is 5.29. The molecule has 4 nitrogen and oxygen atoms in total. The summed E-state index contributed by atoms with van der Waals surface area (Å²) >= 11 is 0. The van der Waals surface area contributed by atoms with Gasteiger partial charge in [-0.2, -0.15) is 10.2 Å². The van der Waals surface area contributed by atoms with Crippen LogP contribution < -0.4 is 4.74 Å². The number of aromatic nitrogens is 2. The number of rotatable bonds is 3. The average molecular weight is 152 g/mol. The number of ketones is 1. The number of nitrogens with zero attached hydrogens (tertiary/aromatic N) is 2. The van der Waals surface area contributed by atoms with E-state index in [4.69, 9.17) is 4.74 Å². The fraction of sp³-hybridized carbons (Fsp3) is 0.286. The normalized spacial score (nSPS) is 9.18. The molecule has 1 aromatic heterocycles. The second-order valence-corrected chi connectivity index (χ2v) is 2.07. The molecule has 0 bridgehead atoms. The van der Waals surface area contributed by atoms with Crippen molar-refractivity contribution in [3.63, 3.8) is 0 Å². The zero-order valence-corrected chi connectivity index (χ0v) is 6.15. The molecule has 0 amide bonds. The summed E-state index contributed by atoms with van der Waals surface area (Å²) in [6.45, 7) is 1.56. The molecule has 0 N–H and O–H groups in total. The van der Waals surface area contributed by atoms with Crippen LogP contribution in [0, 0.1) is 0 Å². The number of carbonyl (C=O) groups is 1. The Morgan fingerprint density at radius 3 is 3.00 bits per heavy atom. The van der Waals surface area contributed by atoms with Gasteiger partial charge in [-0.3, -0.25) is 4.79 Å². The van der Waals surface area contributed by atoms with Crippen molar-refractivity contribution < 1.29 is 9.53 Å². The summed E-state index contributed by atoms with van der Waals surface area (Å²) in [6, 6.07) is 1.65. The van der Waals surface area contributed by atoms with Crippen molar-refractivity contribution in [3.8, 4) is 5.75 Å². The lowest BCUT2D eigenvalue weighted by Crippen LogP contribution is -2.06. The summed E-state index contributed by atoms with van der Waals surface area (Å²) in [7, 11) is 0. The molecule has 1 aromatic rings. The number of hydrogen-bond acceptors (Lipinski definition) is 4. The van der Waals surface area contributed by atoms with Crippen LogP contribution in [0.4, 0.5) is 0 Å². The molecule has 0 spiro atoms. The third-order valence-electron chi connectivity index (χ3n) is 0.999. The Morgan fingerprint density at radius 1 is 1.64 bits per heavy atom. The van der Waals surface area contributed by atoms with Gasteiger partial charge in [0.25, 0.3) is 0 Å². The standard InChI is InChI=1S/C7H8N2O2/c1-6(10)5-11-7-2-3-8-9-4-7/h2-4H,5H2,1H3. The van der Waals surface area contributed by atoms with Crippen molar-refractivity contribution in [3.05, 3.63) is 18.5 Å². The largest absolute Gasteiger partial charge is 0.484 e. The van der Waals surface area contributed by atoms with Crippen LogP contribution in [0.25, 0.3) is 0 Å². The average Bonchev–Trinajstić information content (AvgIpc) is 2.03. The fourth-order valence-electron chi connectivity index (χ4n) is 0.549. The topological polar surface area (TPSA) is 52.1 Å². The van der Waals surface area contributed by atoms with Crippen molar-refractivity contribution in [1.29, 1.82) is 0 Å². The third kappa shape index (κ3) is 2.75. The monoisotopic (exact) mass is 152 g/mol. The van der Waals surface area contributed by atoms with Gasteiger partial charge in [0.05, 0.1) is 12.4 Å². The van der Waals surface area contributed by atoms with Gasteiger partial charge in [0.2, 0.25) is 0 Å². The molecule has 0 aromatic carbocycles. The van der Waals surface area contributed by atoms with Crippen molar-refractivity contribution in [1.82, 2.24) is 10.2 Å². The van der Waals surface area contributed by atoms with E-state index in [9.17, 15) is 4.79 Å². The fourth-order valence-corrected chi connectivity index (χ4v) is 0.549. The first-order valence-corrected chi connectivity index (χ1v) is 3.18. The number of carbonyl (C=O) groups excluding carboxylic acids is 1. The maximum Gasteiger partial charge on any atom is 0.167 e. The molecule has 0 unspecified atom stereocenters. The van der Waals surface area contributed by atoms with Crippen molar-refractivity contribution in [2.75, 3.05) is 6.61 Å². The molecule has 0 saturated heterocycles. The van der Waals surface area contributed by atoms with E-state index in [1.54, 1.807) is 6.07 Å². The molecule has 58 valence electrons. The van der Waals surface area contributed by atoms with Crippen LogP contribution in [0.1, 0.15) is 6.92 Å². The predicted octanol–water partition coefficient (Wildman–Crippen LogP) is 0.444. The highest BCUT2D eigenvalue weighted by atomic mass is 16.5. The first kappa shape index (κ1) is 7.65. The number of ether oxygens (including phenoxy) is 1. The van der Waals surface area contributed by atoms with Crippen LogP contribution in [0.15, 0.2) is 18.5 Å². The van der Waals surface area contributed by atoms with Gasteiger partial charge in [-0.05, 0) is 6.92 Å². The van der Waals surface area contributed by atoms with Gasteiger partial charge in [-0.25, -0.2) is 0 Å². The van der Waals surface area contributed by atoms with Crippen molar-refractivity contribution in [2.45, 2.75) is 6.92 Å². The highest BCUT2D eigenvalue weighted by molar-refractivity contribution is 5.77. The molecule has 1 heterocycles. The second kappa shape index (κ2) is 3.65. The highest BCUT2D eigenvalue weighted by Gasteiger charge is 1.94. The lowest BCUT2D eigenvalue weighted by atomic mass is 10.5.